The van der Waals surface area contributed by atoms with Crippen LogP contribution in [0, 0.1) is 0 Å². The number of amides is 2. The highest BCUT2D eigenvalue weighted by Crippen LogP contribution is 2.36. The highest BCUT2D eigenvalue weighted by atomic mass is 32.2. The van der Waals surface area contributed by atoms with Crippen LogP contribution in [0.25, 0.3) is 6.08 Å². The van der Waals surface area contributed by atoms with Gasteiger partial charge in [0.05, 0.1) is 0 Å². The first-order chi connectivity index (χ1) is 12.3. The highest BCUT2D eigenvalue weighted by molar-refractivity contribution is 8.00. The van der Waals surface area contributed by atoms with E-state index in [1.54, 1.807) is 15.9 Å². The maximum Gasteiger partial charge on any atom is 0.446 e. The predicted octanol–water partition coefficient (Wildman–Crippen LogP) is 2.63. The standard InChI is InChI=1S/C17H19F3N2O3S/c1-25-12-16(24)22-10-8-21(9-11-22)15(23)7-4-13-2-5-14(6-3-13)26-17(18,19)20/h2-7H,8-12H2,1H3/b7-4+. The molecular formula is C17H19F3N2O3S. The number of rotatable bonds is 5. The topological polar surface area (TPSA) is 49.9 Å². The number of carbonyl (C=O) groups excluding carboxylic acids is 2. The second-order valence-corrected chi connectivity index (χ2v) is 6.73. The van der Waals surface area contributed by atoms with Crippen LogP contribution in [-0.4, -0.2) is 67.0 Å². The molecule has 1 saturated heterocycles. The molecule has 0 aromatic heterocycles. The lowest BCUT2D eigenvalue weighted by molar-refractivity contribution is -0.140. The fourth-order valence-corrected chi connectivity index (χ4v) is 2.98. The van der Waals surface area contributed by atoms with Gasteiger partial charge in [-0.25, -0.2) is 0 Å². The molecule has 26 heavy (non-hydrogen) atoms. The van der Waals surface area contributed by atoms with Crippen LogP contribution in [0.2, 0.25) is 0 Å². The fraction of sp³-hybridized carbons (Fsp3) is 0.412. The van der Waals surface area contributed by atoms with Crippen LogP contribution in [-0.2, 0) is 14.3 Å². The van der Waals surface area contributed by atoms with Crippen molar-refractivity contribution in [3.8, 4) is 0 Å². The molecule has 2 amide bonds. The van der Waals surface area contributed by atoms with Gasteiger partial charge in [-0.1, -0.05) is 12.1 Å². The van der Waals surface area contributed by atoms with Crippen molar-refractivity contribution in [2.75, 3.05) is 39.9 Å². The Labute approximate surface area is 153 Å². The summed E-state index contributed by atoms with van der Waals surface area (Å²) in [6.45, 7) is 1.78. The molecule has 1 fully saturated rings. The molecule has 0 spiro atoms. The second-order valence-electron chi connectivity index (χ2n) is 5.59. The largest absolute Gasteiger partial charge is 0.446 e. The van der Waals surface area contributed by atoms with Crippen LogP contribution in [0.4, 0.5) is 13.2 Å². The van der Waals surface area contributed by atoms with E-state index in [-0.39, 0.29) is 35.1 Å². The van der Waals surface area contributed by atoms with Crippen LogP contribution in [0.3, 0.4) is 0 Å². The van der Waals surface area contributed by atoms with Crippen LogP contribution >= 0.6 is 11.8 Å². The molecule has 9 heteroatoms. The lowest BCUT2D eigenvalue weighted by Crippen LogP contribution is -2.51. The van der Waals surface area contributed by atoms with Gasteiger partial charge in [0.25, 0.3) is 0 Å². The van der Waals surface area contributed by atoms with Crippen LogP contribution in [0.5, 0.6) is 0 Å². The number of thioether (sulfide) groups is 1. The van der Waals surface area contributed by atoms with Gasteiger partial charge in [0, 0.05) is 44.3 Å². The SMILES string of the molecule is COCC(=O)N1CCN(C(=O)/C=C/c2ccc(SC(F)(F)F)cc2)CC1. The van der Waals surface area contributed by atoms with E-state index >= 15 is 0 Å². The Bertz CT molecular complexity index is 654. The Morgan fingerprint density at radius 3 is 2.23 bits per heavy atom. The molecule has 0 unspecified atom stereocenters. The first-order valence-corrected chi connectivity index (χ1v) is 8.69. The predicted molar refractivity (Wildman–Crippen MR) is 92.4 cm³/mol. The molecule has 2 rings (SSSR count). The summed E-state index contributed by atoms with van der Waals surface area (Å²) < 4.78 is 41.7. The number of alkyl halides is 3. The quantitative estimate of drug-likeness (QED) is 0.575. The number of hydrogen-bond donors (Lipinski definition) is 0. The van der Waals surface area contributed by atoms with E-state index in [9.17, 15) is 22.8 Å². The lowest BCUT2D eigenvalue weighted by atomic mass is 10.2. The summed E-state index contributed by atoms with van der Waals surface area (Å²) in [5.74, 6) is -0.301. The third-order valence-electron chi connectivity index (χ3n) is 3.74. The molecule has 0 N–H and O–H groups in total. The normalized spacial score (nSPS) is 15.5. The molecule has 0 radical (unpaired) electrons. The summed E-state index contributed by atoms with van der Waals surface area (Å²) in [5, 5.41) is 0. The van der Waals surface area contributed by atoms with Crippen LogP contribution in [0.1, 0.15) is 5.56 Å². The molecule has 1 heterocycles. The Hall–Kier alpha value is -2.00. The second kappa shape index (κ2) is 9.09. The maximum atomic E-state index is 12.3. The molecule has 0 atom stereocenters. The molecular weight excluding hydrogens is 369 g/mol. The summed E-state index contributed by atoms with van der Waals surface area (Å²) in [6, 6.07) is 5.78. The number of carbonyl (C=O) groups is 2. The van der Waals surface area contributed by atoms with Crippen molar-refractivity contribution in [1.29, 1.82) is 0 Å². The van der Waals surface area contributed by atoms with Crippen molar-refractivity contribution >= 4 is 29.7 Å². The van der Waals surface area contributed by atoms with Crippen molar-refractivity contribution in [2.45, 2.75) is 10.4 Å². The van der Waals surface area contributed by atoms with Gasteiger partial charge >= 0.3 is 5.51 Å². The van der Waals surface area contributed by atoms with Gasteiger partial charge in [-0.05, 0) is 35.5 Å². The molecule has 1 aliphatic rings. The number of ether oxygens (including phenoxy) is 1. The summed E-state index contributed by atoms with van der Waals surface area (Å²) in [4.78, 5) is 27.3. The van der Waals surface area contributed by atoms with E-state index in [1.807, 2.05) is 0 Å². The molecule has 1 aromatic carbocycles. The summed E-state index contributed by atoms with van der Waals surface area (Å²) >= 11 is -0.178. The maximum absolute atomic E-state index is 12.3. The van der Waals surface area contributed by atoms with Gasteiger partial charge in [0.15, 0.2) is 0 Å². The van der Waals surface area contributed by atoms with Crippen LogP contribution < -0.4 is 0 Å². The fourth-order valence-electron chi connectivity index (χ4n) is 2.44. The number of methoxy groups -OCH3 is 1. The molecule has 1 aliphatic heterocycles. The number of hydrogen-bond acceptors (Lipinski definition) is 4. The Kier molecular flexibility index (Phi) is 7.10. The van der Waals surface area contributed by atoms with E-state index in [2.05, 4.69) is 0 Å². The van der Waals surface area contributed by atoms with Crippen molar-refractivity contribution < 1.29 is 27.5 Å². The number of benzene rings is 1. The molecule has 5 nitrogen and oxygen atoms in total. The third-order valence-corrected chi connectivity index (χ3v) is 4.48. The first-order valence-electron chi connectivity index (χ1n) is 7.88. The average molecular weight is 388 g/mol. The highest BCUT2D eigenvalue weighted by Gasteiger charge is 2.29. The summed E-state index contributed by atoms with van der Waals surface area (Å²) in [6.07, 6.45) is 2.95. The molecule has 0 saturated carbocycles. The summed E-state index contributed by atoms with van der Waals surface area (Å²) in [7, 11) is 1.46. The average Bonchev–Trinajstić information content (AvgIpc) is 2.60. The van der Waals surface area contributed by atoms with Gasteiger partial charge in [-0.15, -0.1) is 0 Å². The van der Waals surface area contributed by atoms with E-state index in [4.69, 9.17) is 4.74 Å². The lowest BCUT2D eigenvalue weighted by Gasteiger charge is -2.34. The van der Waals surface area contributed by atoms with Crippen LogP contribution in [0.15, 0.2) is 35.2 Å². The zero-order valence-electron chi connectivity index (χ0n) is 14.2. The zero-order valence-corrected chi connectivity index (χ0v) is 15.0. The van der Waals surface area contributed by atoms with Gasteiger partial charge in [-0.3, -0.25) is 9.59 Å². The third kappa shape index (κ3) is 6.38. The Morgan fingerprint density at radius 2 is 1.69 bits per heavy atom. The smallest absolute Gasteiger partial charge is 0.375 e. The molecule has 0 aliphatic carbocycles. The van der Waals surface area contributed by atoms with E-state index in [1.165, 1.54) is 37.5 Å². The van der Waals surface area contributed by atoms with E-state index < -0.39 is 5.51 Å². The van der Waals surface area contributed by atoms with Crippen molar-refractivity contribution in [1.82, 2.24) is 9.80 Å². The number of nitrogens with zero attached hydrogens (tertiary/aromatic N) is 2. The number of halogens is 3. The van der Waals surface area contributed by atoms with Gasteiger partial charge < -0.3 is 14.5 Å². The Balaban J connectivity index is 1.85. The monoisotopic (exact) mass is 388 g/mol. The van der Waals surface area contributed by atoms with Crippen molar-refractivity contribution in [2.24, 2.45) is 0 Å². The van der Waals surface area contributed by atoms with Crippen molar-refractivity contribution in [3.05, 3.63) is 35.9 Å². The first kappa shape index (κ1) is 20.3. The van der Waals surface area contributed by atoms with E-state index in [0.717, 1.165) is 0 Å². The van der Waals surface area contributed by atoms with E-state index in [0.29, 0.717) is 31.7 Å². The minimum atomic E-state index is -4.32. The Morgan fingerprint density at radius 1 is 1.12 bits per heavy atom. The molecule has 0 bridgehead atoms. The van der Waals surface area contributed by atoms with Gasteiger partial charge in [-0.2, -0.15) is 13.2 Å². The summed E-state index contributed by atoms with van der Waals surface area (Å²) in [5.41, 5.74) is -3.68. The van der Waals surface area contributed by atoms with Gasteiger partial charge in [0.2, 0.25) is 11.8 Å². The molecule has 1 aromatic rings. The van der Waals surface area contributed by atoms with Gasteiger partial charge in [0.1, 0.15) is 6.61 Å². The minimum absolute atomic E-state index is 0.0243. The minimum Gasteiger partial charge on any atom is -0.375 e. The van der Waals surface area contributed by atoms with Crippen molar-refractivity contribution in [3.63, 3.8) is 0 Å². The number of piperazine rings is 1. The molecule has 142 valence electrons. The zero-order chi connectivity index (χ0) is 19.2.